The monoisotopic (exact) mass is 389 g/mol. The SMILES string of the molecule is C/C=C\c1cnn([B]c2ccc(-c3noc(C(F)(F)F)n3)cc2)c1/C=C\P. The quantitative estimate of drug-likeness (QED) is 0.494. The summed E-state index contributed by atoms with van der Waals surface area (Å²) in [6.45, 7) is 1.93. The third-order valence-corrected chi connectivity index (χ3v) is 3.77. The Bertz CT molecular complexity index is 977. The number of hydrogen-bond donors (Lipinski definition) is 0. The van der Waals surface area contributed by atoms with Crippen LogP contribution in [0.1, 0.15) is 24.1 Å². The zero-order valence-corrected chi connectivity index (χ0v) is 15.3. The van der Waals surface area contributed by atoms with Gasteiger partial charge in [-0.05, 0) is 13.0 Å². The molecule has 0 fully saturated rings. The molecule has 0 saturated heterocycles. The van der Waals surface area contributed by atoms with Gasteiger partial charge in [-0.1, -0.05) is 52.9 Å². The van der Waals surface area contributed by atoms with Gasteiger partial charge >= 0.3 is 19.5 Å². The fourth-order valence-corrected chi connectivity index (χ4v) is 2.56. The lowest BCUT2D eigenvalue weighted by Crippen LogP contribution is -2.24. The maximum atomic E-state index is 12.6. The summed E-state index contributed by atoms with van der Waals surface area (Å²) in [5.74, 6) is 0.358. The zero-order chi connectivity index (χ0) is 19.4. The van der Waals surface area contributed by atoms with E-state index in [4.69, 9.17) is 0 Å². The van der Waals surface area contributed by atoms with Crippen molar-refractivity contribution in [2.75, 3.05) is 0 Å². The zero-order valence-electron chi connectivity index (χ0n) is 14.2. The number of aromatic nitrogens is 4. The van der Waals surface area contributed by atoms with Crippen molar-refractivity contribution in [2.45, 2.75) is 13.1 Å². The number of benzene rings is 1. The molecular formula is C17H14BF3N4OP. The molecule has 0 amide bonds. The highest BCUT2D eigenvalue weighted by Crippen LogP contribution is 2.29. The molecule has 10 heteroatoms. The lowest BCUT2D eigenvalue weighted by atomic mass is 9.82. The summed E-state index contributed by atoms with van der Waals surface area (Å²) in [5.41, 5.74) is 3.11. The van der Waals surface area contributed by atoms with Crippen LogP contribution in [0.3, 0.4) is 0 Å². The highest BCUT2D eigenvalue weighted by Gasteiger charge is 2.38. The first kappa shape index (κ1) is 19.1. The number of halogens is 3. The lowest BCUT2D eigenvalue weighted by molar-refractivity contribution is -0.159. The minimum Gasteiger partial charge on any atom is -0.329 e. The number of rotatable bonds is 5. The Balaban J connectivity index is 1.82. The van der Waals surface area contributed by atoms with Gasteiger partial charge in [0.25, 0.3) is 0 Å². The molecular weight excluding hydrogens is 375 g/mol. The summed E-state index contributed by atoms with van der Waals surface area (Å²) in [6, 6.07) is 6.73. The van der Waals surface area contributed by atoms with Crippen molar-refractivity contribution in [3.8, 4) is 11.4 Å². The van der Waals surface area contributed by atoms with E-state index < -0.39 is 12.1 Å². The molecule has 1 radical (unpaired) electrons. The van der Waals surface area contributed by atoms with E-state index in [0.29, 0.717) is 5.56 Å². The first-order valence-electron chi connectivity index (χ1n) is 7.87. The summed E-state index contributed by atoms with van der Waals surface area (Å²) in [7, 11) is 4.33. The standard InChI is InChI=1S/C17H14BF3N4OP/c1-2-3-12-10-22-25(14(12)8-9-27)18-13-6-4-11(5-7-13)15-23-16(26-24-15)17(19,20)21/h2-10H,27H2,1H3/b3-2-,9-8-. The van der Waals surface area contributed by atoms with Crippen molar-refractivity contribution in [1.29, 1.82) is 0 Å². The molecule has 0 N–H and O–H groups in total. The van der Waals surface area contributed by atoms with Crippen molar-refractivity contribution in [3.63, 3.8) is 0 Å². The lowest BCUT2D eigenvalue weighted by Gasteiger charge is -2.05. The van der Waals surface area contributed by atoms with Crippen LogP contribution in [-0.4, -0.2) is 27.2 Å². The van der Waals surface area contributed by atoms with E-state index in [0.717, 1.165) is 16.7 Å². The minimum atomic E-state index is -4.66. The molecule has 0 saturated carbocycles. The molecule has 2 aromatic heterocycles. The summed E-state index contributed by atoms with van der Waals surface area (Å²) in [5, 5.41) is 7.72. The predicted octanol–water partition coefficient (Wildman–Crippen LogP) is 3.62. The van der Waals surface area contributed by atoms with Gasteiger partial charge in [0.15, 0.2) is 0 Å². The number of hydrogen-bond acceptors (Lipinski definition) is 4. The van der Waals surface area contributed by atoms with Gasteiger partial charge < -0.3 is 9.12 Å². The summed E-state index contributed by atoms with van der Waals surface area (Å²) < 4.78 is 43.7. The molecule has 3 aromatic rings. The third-order valence-electron chi connectivity index (χ3n) is 3.57. The van der Waals surface area contributed by atoms with E-state index in [1.54, 1.807) is 35.1 Å². The molecule has 1 unspecified atom stereocenters. The third kappa shape index (κ3) is 4.36. The molecule has 2 heterocycles. The molecule has 0 aliphatic heterocycles. The van der Waals surface area contributed by atoms with Crippen molar-refractivity contribution < 1.29 is 17.7 Å². The first-order chi connectivity index (χ1) is 12.9. The van der Waals surface area contributed by atoms with Gasteiger partial charge in [-0.2, -0.15) is 23.3 Å². The molecule has 0 bridgehead atoms. The molecule has 0 aliphatic rings. The summed E-state index contributed by atoms with van der Waals surface area (Å²) in [4.78, 5) is 3.38. The van der Waals surface area contributed by atoms with Crippen molar-refractivity contribution >= 4 is 34.3 Å². The molecule has 27 heavy (non-hydrogen) atoms. The molecule has 137 valence electrons. The van der Waals surface area contributed by atoms with E-state index >= 15 is 0 Å². The Hall–Kier alpha value is -2.67. The van der Waals surface area contributed by atoms with Crippen LogP contribution in [0, 0.1) is 0 Å². The largest absolute Gasteiger partial charge is 0.471 e. The van der Waals surface area contributed by atoms with Crippen LogP contribution in [-0.2, 0) is 6.18 Å². The Morgan fingerprint density at radius 3 is 2.52 bits per heavy atom. The van der Waals surface area contributed by atoms with Crippen LogP contribution in [0.5, 0.6) is 0 Å². The van der Waals surface area contributed by atoms with Gasteiger partial charge in [0.05, 0.1) is 11.9 Å². The van der Waals surface area contributed by atoms with Crippen LogP contribution < -0.4 is 5.46 Å². The molecule has 0 spiro atoms. The molecule has 0 aliphatic carbocycles. The highest BCUT2D eigenvalue weighted by atomic mass is 31.0. The first-order valence-corrected chi connectivity index (χ1v) is 8.53. The molecule has 1 aromatic carbocycles. The van der Waals surface area contributed by atoms with E-state index in [1.807, 2.05) is 38.4 Å². The van der Waals surface area contributed by atoms with Gasteiger partial charge in [-0.3, -0.25) is 0 Å². The predicted molar refractivity (Wildman–Crippen MR) is 101 cm³/mol. The number of alkyl halides is 3. The van der Waals surface area contributed by atoms with E-state index in [2.05, 4.69) is 29.0 Å². The molecule has 1 atom stereocenters. The summed E-state index contributed by atoms with van der Waals surface area (Å²) in [6.07, 6.45) is 2.88. The second-order valence-corrected chi connectivity index (χ2v) is 5.85. The van der Waals surface area contributed by atoms with Gasteiger partial charge in [0, 0.05) is 11.1 Å². The Labute approximate surface area is 156 Å². The average Bonchev–Trinajstić information content (AvgIpc) is 3.26. The Morgan fingerprint density at radius 1 is 1.19 bits per heavy atom. The van der Waals surface area contributed by atoms with Gasteiger partial charge in [-0.25, -0.2) is 0 Å². The van der Waals surface area contributed by atoms with Crippen LogP contribution in [0.4, 0.5) is 13.2 Å². The van der Waals surface area contributed by atoms with Crippen LogP contribution in [0.2, 0.25) is 0 Å². The number of nitrogens with zero attached hydrogens (tertiary/aromatic N) is 4. The van der Waals surface area contributed by atoms with Crippen molar-refractivity contribution in [1.82, 2.24) is 19.8 Å². The highest BCUT2D eigenvalue weighted by molar-refractivity contribution is 7.21. The topological polar surface area (TPSA) is 56.7 Å². The Kier molecular flexibility index (Phi) is 5.61. The smallest absolute Gasteiger partial charge is 0.329 e. The Morgan fingerprint density at radius 2 is 1.93 bits per heavy atom. The molecule has 3 rings (SSSR count). The second kappa shape index (κ2) is 7.92. The summed E-state index contributed by atoms with van der Waals surface area (Å²) >= 11 is 0. The van der Waals surface area contributed by atoms with Gasteiger partial charge in [0.1, 0.15) is 0 Å². The average molecular weight is 389 g/mol. The van der Waals surface area contributed by atoms with E-state index in [9.17, 15) is 13.2 Å². The van der Waals surface area contributed by atoms with Gasteiger partial charge in [-0.15, -0.1) is 9.24 Å². The van der Waals surface area contributed by atoms with Crippen LogP contribution in [0.15, 0.2) is 46.9 Å². The fraction of sp³-hybridized carbons (Fsp3) is 0.118. The fourth-order valence-electron chi connectivity index (χ4n) is 2.37. The van der Waals surface area contributed by atoms with Gasteiger partial charge in [0.2, 0.25) is 5.82 Å². The maximum absolute atomic E-state index is 12.6. The normalized spacial score (nSPS) is 12.3. The van der Waals surface area contributed by atoms with Crippen molar-refractivity contribution in [3.05, 3.63) is 59.5 Å². The minimum absolute atomic E-state index is 0.116. The molecule has 5 nitrogen and oxygen atoms in total. The van der Waals surface area contributed by atoms with E-state index in [1.165, 1.54) is 0 Å². The maximum Gasteiger partial charge on any atom is 0.471 e. The van der Waals surface area contributed by atoms with Crippen LogP contribution >= 0.6 is 9.24 Å². The van der Waals surface area contributed by atoms with Crippen molar-refractivity contribution in [2.24, 2.45) is 0 Å². The van der Waals surface area contributed by atoms with Crippen LogP contribution in [0.25, 0.3) is 23.5 Å². The van der Waals surface area contributed by atoms with E-state index in [-0.39, 0.29) is 5.82 Å². The number of allylic oxidation sites excluding steroid dienone is 1. The second-order valence-electron chi connectivity index (χ2n) is 5.46.